The molecule has 1 aliphatic rings. The summed E-state index contributed by atoms with van der Waals surface area (Å²) in [5.41, 5.74) is 2.89. The molecule has 1 aliphatic heterocycles. The van der Waals surface area contributed by atoms with E-state index in [-0.39, 0.29) is 12.3 Å². The second kappa shape index (κ2) is 8.65. The van der Waals surface area contributed by atoms with E-state index >= 15 is 0 Å². The van der Waals surface area contributed by atoms with Gasteiger partial charge >= 0.3 is 0 Å². The second-order valence-corrected chi connectivity index (χ2v) is 7.63. The quantitative estimate of drug-likeness (QED) is 0.677. The monoisotopic (exact) mass is 408 g/mol. The van der Waals surface area contributed by atoms with Crippen LogP contribution in [0.15, 0.2) is 36.4 Å². The molecule has 1 amide bonds. The summed E-state index contributed by atoms with van der Waals surface area (Å²) in [6.07, 6.45) is 4.23. The van der Waals surface area contributed by atoms with Gasteiger partial charge in [-0.2, -0.15) is 0 Å². The number of ether oxygens (including phenoxy) is 1. The van der Waals surface area contributed by atoms with Gasteiger partial charge in [0.2, 0.25) is 0 Å². The Hall–Kier alpha value is -3.22. The van der Waals surface area contributed by atoms with Crippen molar-refractivity contribution in [1.29, 1.82) is 0 Å². The van der Waals surface area contributed by atoms with Gasteiger partial charge in [-0.05, 0) is 62.1 Å². The topological polar surface area (TPSA) is 69.0 Å². The van der Waals surface area contributed by atoms with Crippen LogP contribution in [0.25, 0.3) is 11.4 Å². The first-order valence-electron chi connectivity index (χ1n) is 10.2. The molecular formula is C23H25FN4O2. The average Bonchev–Trinajstić information content (AvgIpc) is 2.99. The molecule has 30 heavy (non-hydrogen) atoms. The lowest BCUT2D eigenvalue weighted by molar-refractivity contribution is -0.118. The van der Waals surface area contributed by atoms with E-state index in [1.54, 1.807) is 12.1 Å². The molecule has 4 rings (SSSR count). The average molecular weight is 408 g/mol. The zero-order valence-corrected chi connectivity index (χ0v) is 17.2. The molecule has 0 spiro atoms. The maximum absolute atomic E-state index is 14.4. The maximum atomic E-state index is 14.4. The highest BCUT2D eigenvalue weighted by atomic mass is 19.1. The van der Waals surface area contributed by atoms with Crippen LogP contribution in [0, 0.1) is 19.7 Å². The minimum atomic E-state index is -0.505. The summed E-state index contributed by atoms with van der Waals surface area (Å²) in [5, 5.41) is 11.2. The number of carbonyl (C=O) groups excluding carboxylic acids is 1. The van der Waals surface area contributed by atoms with Crippen molar-refractivity contribution in [3.63, 3.8) is 0 Å². The van der Waals surface area contributed by atoms with Crippen molar-refractivity contribution in [3.05, 3.63) is 59.2 Å². The van der Waals surface area contributed by atoms with E-state index in [1.165, 1.54) is 6.07 Å². The molecule has 0 bridgehead atoms. The molecule has 156 valence electrons. The minimum Gasteiger partial charge on any atom is -0.483 e. The molecule has 0 saturated carbocycles. The molecule has 7 heteroatoms. The molecule has 0 saturated heterocycles. The van der Waals surface area contributed by atoms with E-state index in [1.807, 2.05) is 32.0 Å². The number of rotatable bonds is 5. The summed E-state index contributed by atoms with van der Waals surface area (Å²) in [6.45, 7) is 4.57. The van der Waals surface area contributed by atoms with Crippen LogP contribution in [0.3, 0.4) is 0 Å². The number of aryl methyl sites for hydroxylation is 2. The Kier molecular flexibility index (Phi) is 5.79. The van der Waals surface area contributed by atoms with Crippen LogP contribution < -0.4 is 10.1 Å². The van der Waals surface area contributed by atoms with Crippen molar-refractivity contribution in [1.82, 2.24) is 14.8 Å². The predicted molar refractivity (Wildman–Crippen MR) is 113 cm³/mol. The largest absolute Gasteiger partial charge is 0.483 e. The Balaban J connectivity index is 1.49. The lowest BCUT2D eigenvalue weighted by Crippen LogP contribution is -2.21. The highest BCUT2D eigenvalue weighted by Crippen LogP contribution is 2.27. The number of hydrogen-bond donors (Lipinski definition) is 1. The Morgan fingerprint density at radius 2 is 2.03 bits per heavy atom. The van der Waals surface area contributed by atoms with Gasteiger partial charge in [0.05, 0.1) is 5.69 Å². The molecule has 1 N–H and O–H groups in total. The van der Waals surface area contributed by atoms with Gasteiger partial charge in [-0.1, -0.05) is 18.6 Å². The van der Waals surface area contributed by atoms with Crippen molar-refractivity contribution < 1.29 is 13.9 Å². The summed E-state index contributed by atoms with van der Waals surface area (Å²) in [5.74, 6) is 1.38. The standard InChI is InChI=1S/C23H25FN4O2/c1-15-7-6-8-20(16(15)2)30-14-22(29)25-19-13-17(10-11-18(19)24)23-27-26-21-9-4-3-5-12-28(21)23/h6-8,10-11,13H,3-5,9,12,14H2,1-2H3,(H,25,29). The Morgan fingerprint density at radius 1 is 1.17 bits per heavy atom. The van der Waals surface area contributed by atoms with E-state index in [9.17, 15) is 9.18 Å². The first-order valence-corrected chi connectivity index (χ1v) is 10.2. The zero-order chi connectivity index (χ0) is 21.1. The lowest BCUT2D eigenvalue weighted by Gasteiger charge is -2.12. The van der Waals surface area contributed by atoms with Crippen LogP contribution in [-0.4, -0.2) is 27.3 Å². The van der Waals surface area contributed by atoms with Gasteiger partial charge < -0.3 is 14.6 Å². The van der Waals surface area contributed by atoms with Crippen LogP contribution in [0.4, 0.5) is 10.1 Å². The number of anilines is 1. The van der Waals surface area contributed by atoms with Crippen molar-refractivity contribution in [3.8, 4) is 17.1 Å². The smallest absolute Gasteiger partial charge is 0.262 e. The summed E-state index contributed by atoms with van der Waals surface area (Å²) in [7, 11) is 0. The number of hydrogen-bond acceptors (Lipinski definition) is 4. The van der Waals surface area contributed by atoms with Crippen molar-refractivity contribution in [2.45, 2.75) is 46.1 Å². The minimum absolute atomic E-state index is 0.105. The Bertz CT molecular complexity index is 1080. The van der Waals surface area contributed by atoms with E-state index in [0.29, 0.717) is 11.6 Å². The third-order valence-electron chi connectivity index (χ3n) is 5.52. The molecule has 6 nitrogen and oxygen atoms in total. The van der Waals surface area contributed by atoms with Gasteiger partial charge in [-0.3, -0.25) is 4.79 Å². The normalized spacial score (nSPS) is 13.4. The van der Waals surface area contributed by atoms with Crippen molar-refractivity contribution >= 4 is 11.6 Å². The number of benzene rings is 2. The van der Waals surface area contributed by atoms with Gasteiger partial charge in [0.25, 0.3) is 5.91 Å². The molecule has 0 fully saturated rings. The van der Waals surface area contributed by atoms with Gasteiger partial charge in [0.1, 0.15) is 17.4 Å². The zero-order valence-electron chi connectivity index (χ0n) is 17.2. The molecule has 0 aliphatic carbocycles. The maximum Gasteiger partial charge on any atom is 0.262 e. The van der Waals surface area contributed by atoms with Crippen LogP contribution in [0.5, 0.6) is 5.75 Å². The second-order valence-electron chi connectivity index (χ2n) is 7.63. The van der Waals surface area contributed by atoms with Gasteiger partial charge in [-0.15, -0.1) is 10.2 Å². The SMILES string of the molecule is Cc1cccc(OCC(=O)Nc2cc(-c3nnc4n3CCCCC4)ccc2F)c1C. The third-order valence-corrected chi connectivity index (χ3v) is 5.52. The first-order chi connectivity index (χ1) is 14.5. The van der Waals surface area contributed by atoms with Gasteiger partial charge in [0.15, 0.2) is 12.4 Å². The lowest BCUT2D eigenvalue weighted by atomic mass is 10.1. The fourth-order valence-electron chi connectivity index (χ4n) is 3.67. The summed E-state index contributed by atoms with van der Waals surface area (Å²) in [6, 6.07) is 10.3. The van der Waals surface area contributed by atoms with Crippen molar-refractivity contribution in [2.24, 2.45) is 0 Å². The summed E-state index contributed by atoms with van der Waals surface area (Å²) in [4.78, 5) is 12.4. The highest BCUT2D eigenvalue weighted by Gasteiger charge is 2.18. The third kappa shape index (κ3) is 4.20. The van der Waals surface area contributed by atoms with Crippen LogP contribution in [-0.2, 0) is 17.8 Å². The summed E-state index contributed by atoms with van der Waals surface area (Å²) >= 11 is 0. The predicted octanol–water partition coefficient (Wildman–Crippen LogP) is 4.44. The van der Waals surface area contributed by atoms with E-state index in [0.717, 1.165) is 54.7 Å². The number of fused-ring (bicyclic) bond motifs is 1. The molecule has 2 aromatic carbocycles. The van der Waals surface area contributed by atoms with Crippen LogP contribution in [0.1, 0.15) is 36.2 Å². The van der Waals surface area contributed by atoms with E-state index < -0.39 is 11.7 Å². The molecule has 0 radical (unpaired) electrons. The fraction of sp³-hybridized carbons (Fsp3) is 0.348. The van der Waals surface area contributed by atoms with Gasteiger partial charge in [0, 0.05) is 18.5 Å². The number of aromatic nitrogens is 3. The van der Waals surface area contributed by atoms with Gasteiger partial charge in [-0.25, -0.2) is 4.39 Å². The van der Waals surface area contributed by atoms with Crippen LogP contribution >= 0.6 is 0 Å². The van der Waals surface area contributed by atoms with Crippen LogP contribution in [0.2, 0.25) is 0 Å². The van der Waals surface area contributed by atoms with Crippen molar-refractivity contribution in [2.75, 3.05) is 11.9 Å². The molecular weight excluding hydrogens is 383 g/mol. The molecule has 2 heterocycles. The molecule has 0 atom stereocenters. The molecule has 3 aromatic rings. The number of halogens is 1. The highest BCUT2D eigenvalue weighted by molar-refractivity contribution is 5.92. The summed E-state index contributed by atoms with van der Waals surface area (Å²) < 4.78 is 22.1. The first kappa shape index (κ1) is 20.1. The number of nitrogens with zero attached hydrogens (tertiary/aromatic N) is 3. The Labute approximate surface area is 175 Å². The fourth-order valence-corrected chi connectivity index (χ4v) is 3.67. The number of amides is 1. The molecule has 0 unspecified atom stereocenters. The Morgan fingerprint density at radius 3 is 2.90 bits per heavy atom. The number of nitrogens with one attached hydrogen (secondary N) is 1. The molecule has 1 aromatic heterocycles. The number of carbonyl (C=O) groups is 1. The van der Waals surface area contributed by atoms with E-state index in [2.05, 4.69) is 20.1 Å². The van der Waals surface area contributed by atoms with E-state index in [4.69, 9.17) is 4.74 Å².